The highest BCUT2D eigenvalue weighted by Crippen LogP contribution is 2.14. The van der Waals surface area contributed by atoms with Gasteiger partial charge in [0.1, 0.15) is 13.2 Å². The van der Waals surface area contributed by atoms with Gasteiger partial charge < -0.3 is 14.2 Å². The number of hydrogen-bond acceptors (Lipinski definition) is 6. The summed E-state index contributed by atoms with van der Waals surface area (Å²) >= 11 is 0. The van der Waals surface area contributed by atoms with Crippen molar-refractivity contribution in [1.29, 1.82) is 0 Å². The summed E-state index contributed by atoms with van der Waals surface area (Å²) in [5, 5.41) is 0. The van der Waals surface area contributed by atoms with Crippen LogP contribution in [-0.2, 0) is 28.6 Å². The Kier molecular flexibility index (Phi) is 52.0. The van der Waals surface area contributed by atoms with E-state index in [9.17, 15) is 14.4 Å². The van der Waals surface area contributed by atoms with Crippen LogP contribution in [0.3, 0.4) is 0 Å². The molecule has 6 heteroatoms. The van der Waals surface area contributed by atoms with Gasteiger partial charge in [0.25, 0.3) is 0 Å². The Labute approximate surface area is 418 Å². The third-order valence-electron chi connectivity index (χ3n) is 11.2. The average molecular weight is 941 g/mol. The molecule has 0 aliphatic carbocycles. The molecule has 0 radical (unpaired) electrons. The maximum Gasteiger partial charge on any atom is 0.306 e. The van der Waals surface area contributed by atoms with Crippen LogP contribution in [0.1, 0.15) is 233 Å². The lowest BCUT2D eigenvalue weighted by Gasteiger charge is -2.18. The number of carbonyl (C=O) groups excluding carboxylic acids is 3. The van der Waals surface area contributed by atoms with Crippen molar-refractivity contribution in [3.63, 3.8) is 0 Å². The van der Waals surface area contributed by atoms with Gasteiger partial charge in [-0.3, -0.25) is 14.4 Å². The molecule has 0 saturated heterocycles. The highest BCUT2D eigenvalue weighted by Gasteiger charge is 2.19. The standard InChI is InChI=1S/C62H100O6/c1-4-7-10-13-16-19-21-23-25-27-28-29-30-31-32-33-34-36-37-39-41-43-46-49-52-55-61(64)67-58-59(57-66-60(63)54-51-48-45-18-15-12-9-6-3)68-62(65)56-53-50-47-44-42-40-38-35-26-24-22-20-17-14-11-8-5-2/h7-8,10-11,16-17,19-20,23-26,28-29,31-32,34,36,39,41,59H,4-6,9,12-15,18,21-22,27,30,33,35,37-38,40,42-58H2,1-3H3/b10-7-,11-8-,19-16-,20-17-,25-23-,26-24-,29-28-,32-31-,36-34-,41-39-. The molecule has 0 amide bonds. The highest BCUT2D eigenvalue weighted by atomic mass is 16.6. The lowest BCUT2D eigenvalue weighted by atomic mass is 10.1. The van der Waals surface area contributed by atoms with Crippen LogP contribution in [0.5, 0.6) is 0 Å². The van der Waals surface area contributed by atoms with E-state index in [1.54, 1.807) is 0 Å². The normalized spacial score (nSPS) is 13.0. The van der Waals surface area contributed by atoms with E-state index < -0.39 is 6.10 Å². The number of ether oxygens (including phenoxy) is 3. The number of unbranched alkanes of at least 4 members (excludes halogenated alkanes) is 17. The molecule has 0 bridgehead atoms. The zero-order valence-electron chi connectivity index (χ0n) is 43.8. The van der Waals surface area contributed by atoms with Crippen LogP contribution in [0.25, 0.3) is 0 Å². The summed E-state index contributed by atoms with van der Waals surface area (Å²) in [6, 6.07) is 0. The summed E-state index contributed by atoms with van der Waals surface area (Å²) in [5.41, 5.74) is 0. The summed E-state index contributed by atoms with van der Waals surface area (Å²) < 4.78 is 16.7. The van der Waals surface area contributed by atoms with Gasteiger partial charge in [0.2, 0.25) is 0 Å². The molecule has 0 aliphatic rings. The van der Waals surface area contributed by atoms with E-state index in [0.717, 1.165) is 135 Å². The monoisotopic (exact) mass is 941 g/mol. The first-order valence-electron chi connectivity index (χ1n) is 27.5. The van der Waals surface area contributed by atoms with Crippen molar-refractivity contribution >= 4 is 17.9 Å². The van der Waals surface area contributed by atoms with Crippen molar-refractivity contribution < 1.29 is 28.6 Å². The summed E-state index contributed by atoms with van der Waals surface area (Å²) in [4.78, 5) is 37.9. The molecular weight excluding hydrogens is 841 g/mol. The molecule has 0 fully saturated rings. The molecule has 68 heavy (non-hydrogen) atoms. The smallest absolute Gasteiger partial charge is 0.306 e. The molecule has 6 nitrogen and oxygen atoms in total. The largest absolute Gasteiger partial charge is 0.462 e. The molecule has 0 aromatic heterocycles. The first kappa shape index (κ1) is 63.8. The van der Waals surface area contributed by atoms with Crippen LogP contribution in [0.4, 0.5) is 0 Å². The molecule has 0 aromatic rings. The number of esters is 3. The number of rotatable bonds is 48. The van der Waals surface area contributed by atoms with Crippen molar-refractivity contribution in [2.24, 2.45) is 0 Å². The number of hydrogen-bond donors (Lipinski definition) is 0. The van der Waals surface area contributed by atoms with E-state index >= 15 is 0 Å². The quantitative estimate of drug-likeness (QED) is 0.0262. The van der Waals surface area contributed by atoms with E-state index in [1.807, 2.05) is 0 Å². The van der Waals surface area contributed by atoms with Crippen molar-refractivity contribution in [2.75, 3.05) is 13.2 Å². The van der Waals surface area contributed by atoms with Crippen LogP contribution >= 0.6 is 0 Å². The van der Waals surface area contributed by atoms with Crippen LogP contribution < -0.4 is 0 Å². The minimum Gasteiger partial charge on any atom is -0.462 e. The van der Waals surface area contributed by atoms with Gasteiger partial charge in [-0.1, -0.05) is 226 Å². The molecule has 384 valence electrons. The van der Waals surface area contributed by atoms with Crippen molar-refractivity contribution in [2.45, 2.75) is 239 Å². The summed E-state index contributed by atoms with van der Waals surface area (Å²) in [6.45, 7) is 6.34. The molecule has 0 saturated carbocycles. The van der Waals surface area contributed by atoms with Gasteiger partial charge in [0, 0.05) is 19.3 Å². The Hall–Kier alpha value is -4.19. The Morgan fingerprint density at radius 2 is 0.574 bits per heavy atom. The molecule has 0 aromatic carbocycles. The second-order valence-electron chi connectivity index (χ2n) is 17.7. The Balaban J connectivity index is 4.36. The molecular formula is C62H100O6. The van der Waals surface area contributed by atoms with Gasteiger partial charge in [0.05, 0.1) is 0 Å². The molecule has 1 unspecified atom stereocenters. The average Bonchev–Trinajstić information content (AvgIpc) is 3.34. The Morgan fingerprint density at radius 3 is 0.912 bits per heavy atom. The van der Waals surface area contributed by atoms with E-state index in [0.29, 0.717) is 19.3 Å². The molecule has 0 spiro atoms. The summed E-state index contributed by atoms with van der Waals surface area (Å²) in [6.07, 6.45) is 76.3. The van der Waals surface area contributed by atoms with E-state index in [-0.39, 0.29) is 31.1 Å². The highest BCUT2D eigenvalue weighted by molar-refractivity contribution is 5.71. The fraction of sp³-hybridized carbons (Fsp3) is 0.629. The van der Waals surface area contributed by atoms with Crippen molar-refractivity contribution in [3.05, 3.63) is 122 Å². The second-order valence-corrected chi connectivity index (χ2v) is 17.7. The molecule has 1 atom stereocenters. The predicted molar refractivity (Wildman–Crippen MR) is 293 cm³/mol. The van der Waals surface area contributed by atoms with Gasteiger partial charge in [0.15, 0.2) is 6.10 Å². The first-order chi connectivity index (χ1) is 33.5. The third-order valence-corrected chi connectivity index (χ3v) is 11.2. The molecule has 0 rings (SSSR count). The number of carbonyl (C=O) groups is 3. The fourth-order valence-corrected chi connectivity index (χ4v) is 7.14. The van der Waals surface area contributed by atoms with E-state index in [4.69, 9.17) is 14.2 Å². The topological polar surface area (TPSA) is 78.9 Å². The molecule has 0 heterocycles. The molecule has 0 aliphatic heterocycles. The fourth-order valence-electron chi connectivity index (χ4n) is 7.14. The van der Waals surface area contributed by atoms with Crippen LogP contribution in [0, 0.1) is 0 Å². The van der Waals surface area contributed by atoms with Gasteiger partial charge in [-0.15, -0.1) is 0 Å². The van der Waals surface area contributed by atoms with E-state index in [1.165, 1.54) is 57.8 Å². The lowest BCUT2D eigenvalue weighted by molar-refractivity contribution is -0.167. The van der Waals surface area contributed by atoms with E-state index in [2.05, 4.69) is 142 Å². The summed E-state index contributed by atoms with van der Waals surface area (Å²) in [5.74, 6) is -0.948. The Bertz CT molecular complexity index is 1450. The van der Waals surface area contributed by atoms with Crippen LogP contribution in [-0.4, -0.2) is 37.2 Å². The zero-order valence-corrected chi connectivity index (χ0v) is 43.8. The maximum absolute atomic E-state index is 12.8. The Morgan fingerprint density at radius 1 is 0.309 bits per heavy atom. The van der Waals surface area contributed by atoms with Crippen molar-refractivity contribution in [1.82, 2.24) is 0 Å². The SMILES string of the molecule is CC/C=C\C/C=C\C/C=C\C/C=C\C/C=C\C/C=C\C/C=C\CCCCCC(=O)OCC(COC(=O)CCCCCCCCCC)OC(=O)CCCCCCCCC/C=C\C/C=C\C/C=C\CC. The van der Waals surface area contributed by atoms with Crippen LogP contribution in [0.2, 0.25) is 0 Å². The summed E-state index contributed by atoms with van der Waals surface area (Å²) in [7, 11) is 0. The first-order valence-corrected chi connectivity index (χ1v) is 27.5. The van der Waals surface area contributed by atoms with Gasteiger partial charge in [-0.2, -0.15) is 0 Å². The zero-order chi connectivity index (χ0) is 49.3. The van der Waals surface area contributed by atoms with Crippen molar-refractivity contribution in [3.8, 4) is 0 Å². The van der Waals surface area contributed by atoms with Gasteiger partial charge in [-0.25, -0.2) is 0 Å². The lowest BCUT2D eigenvalue weighted by Crippen LogP contribution is -2.30. The maximum atomic E-state index is 12.8. The number of allylic oxidation sites excluding steroid dienone is 20. The van der Waals surface area contributed by atoms with Crippen LogP contribution in [0.15, 0.2) is 122 Å². The third kappa shape index (κ3) is 52.8. The predicted octanol–water partition coefficient (Wildman–Crippen LogP) is 18.5. The van der Waals surface area contributed by atoms with Gasteiger partial charge in [-0.05, 0) is 109 Å². The minimum atomic E-state index is -0.798. The van der Waals surface area contributed by atoms with Gasteiger partial charge >= 0.3 is 17.9 Å². The second kappa shape index (κ2) is 55.4. The molecule has 0 N–H and O–H groups in total. The minimum absolute atomic E-state index is 0.0949.